The summed E-state index contributed by atoms with van der Waals surface area (Å²) in [6.45, 7) is 1.47. The number of ether oxygens (including phenoxy) is 1. The fraction of sp³-hybridized carbons (Fsp3) is 0.357. The number of rotatable bonds is 4. The predicted octanol–water partition coefficient (Wildman–Crippen LogP) is 1.27. The van der Waals surface area contributed by atoms with E-state index in [2.05, 4.69) is 0 Å². The van der Waals surface area contributed by atoms with Crippen LogP contribution < -0.4 is 4.74 Å². The average molecular weight is 261 g/mol. The topological polar surface area (TPSA) is 63.7 Å². The van der Waals surface area contributed by atoms with Crippen LogP contribution in [0.3, 0.4) is 0 Å². The van der Waals surface area contributed by atoms with Crippen molar-refractivity contribution in [2.24, 2.45) is 5.92 Å². The van der Waals surface area contributed by atoms with E-state index in [0.717, 1.165) is 4.90 Å². The van der Waals surface area contributed by atoms with Crippen LogP contribution in [-0.2, 0) is 9.59 Å². The number of amides is 2. The van der Waals surface area contributed by atoms with Gasteiger partial charge in [-0.2, -0.15) is 0 Å². The van der Waals surface area contributed by atoms with E-state index in [0.29, 0.717) is 11.3 Å². The smallest absolute Gasteiger partial charge is 0.232 e. The minimum absolute atomic E-state index is 0.179. The second kappa shape index (κ2) is 5.22. The van der Waals surface area contributed by atoms with Gasteiger partial charge in [0.1, 0.15) is 5.75 Å². The first-order chi connectivity index (χ1) is 9.04. The minimum Gasteiger partial charge on any atom is -0.496 e. The molecule has 1 atom stereocenters. The Bertz CT molecular complexity index is 538. The van der Waals surface area contributed by atoms with E-state index in [-0.39, 0.29) is 36.5 Å². The molecule has 5 nitrogen and oxygen atoms in total. The van der Waals surface area contributed by atoms with Crippen molar-refractivity contribution in [3.05, 3.63) is 29.8 Å². The lowest BCUT2D eigenvalue weighted by molar-refractivity contribution is -0.138. The van der Waals surface area contributed by atoms with Crippen LogP contribution in [-0.4, -0.2) is 36.2 Å². The maximum Gasteiger partial charge on any atom is 0.232 e. The third-order valence-corrected chi connectivity index (χ3v) is 3.18. The summed E-state index contributed by atoms with van der Waals surface area (Å²) in [6.07, 6.45) is 0.179. The van der Waals surface area contributed by atoms with Crippen LogP contribution >= 0.6 is 0 Å². The third-order valence-electron chi connectivity index (χ3n) is 3.18. The molecule has 2 rings (SSSR count). The van der Waals surface area contributed by atoms with E-state index in [4.69, 9.17) is 4.74 Å². The van der Waals surface area contributed by atoms with Crippen molar-refractivity contribution in [2.75, 3.05) is 13.7 Å². The monoisotopic (exact) mass is 261 g/mol. The predicted molar refractivity (Wildman–Crippen MR) is 67.8 cm³/mol. The van der Waals surface area contributed by atoms with E-state index in [1.54, 1.807) is 31.2 Å². The normalized spacial score (nSPS) is 18.8. The van der Waals surface area contributed by atoms with E-state index >= 15 is 0 Å². The number of nitrogens with zero attached hydrogens (tertiary/aromatic N) is 1. The van der Waals surface area contributed by atoms with Gasteiger partial charge < -0.3 is 4.74 Å². The van der Waals surface area contributed by atoms with Gasteiger partial charge >= 0.3 is 0 Å². The first-order valence-electron chi connectivity index (χ1n) is 6.05. The molecule has 1 aliphatic rings. The van der Waals surface area contributed by atoms with Crippen LogP contribution in [0.4, 0.5) is 0 Å². The molecule has 1 heterocycles. The van der Waals surface area contributed by atoms with Crippen LogP contribution in [0.15, 0.2) is 24.3 Å². The molecule has 1 unspecified atom stereocenters. The van der Waals surface area contributed by atoms with Crippen molar-refractivity contribution in [1.29, 1.82) is 0 Å². The number of carbonyl (C=O) groups is 3. The quantitative estimate of drug-likeness (QED) is 0.605. The molecule has 100 valence electrons. The highest BCUT2D eigenvalue weighted by Crippen LogP contribution is 2.22. The number of Topliss-reactive ketones (excluding diaryl/α,β-unsaturated/α-hetero) is 1. The Morgan fingerprint density at radius 3 is 2.63 bits per heavy atom. The van der Waals surface area contributed by atoms with Gasteiger partial charge in [-0.25, -0.2) is 0 Å². The van der Waals surface area contributed by atoms with E-state index < -0.39 is 0 Å². The van der Waals surface area contributed by atoms with Crippen LogP contribution in [0.2, 0.25) is 0 Å². The standard InChI is InChI=1S/C14H15NO4/c1-9-7-13(17)15(14(9)18)8-11(16)10-5-3-4-6-12(10)19-2/h3-6,9H,7-8H2,1-2H3. The zero-order valence-electron chi connectivity index (χ0n) is 10.9. The second-order valence-corrected chi connectivity index (χ2v) is 4.55. The molecule has 0 aromatic heterocycles. The molecular weight excluding hydrogens is 246 g/mol. The molecule has 1 saturated heterocycles. The largest absolute Gasteiger partial charge is 0.496 e. The SMILES string of the molecule is COc1ccccc1C(=O)CN1C(=O)CC(C)C1=O. The van der Waals surface area contributed by atoms with E-state index in [1.165, 1.54) is 7.11 Å². The summed E-state index contributed by atoms with van der Waals surface area (Å²) in [7, 11) is 1.47. The summed E-state index contributed by atoms with van der Waals surface area (Å²) in [6, 6.07) is 6.76. The number of imide groups is 1. The summed E-state index contributed by atoms with van der Waals surface area (Å²) in [5, 5.41) is 0. The fourth-order valence-electron chi connectivity index (χ4n) is 2.12. The van der Waals surface area contributed by atoms with Gasteiger partial charge in [0.05, 0.1) is 19.2 Å². The average Bonchev–Trinajstić information content (AvgIpc) is 2.65. The zero-order chi connectivity index (χ0) is 14.0. The van der Waals surface area contributed by atoms with Gasteiger partial charge in [0.25, 0.3) is 0 Å². The number of likely N-dealkylation sites (tertiary alicyclic amines) is 1. The van der Waals surface area contributed by atoms with Gasteiger partial charge in [0.2, 0.25) is 11.8 Å². The molecule has 19 heavy (non-hydrogen) atoms. The van der Waals surface area contributed by atoms with Crippen molar-refractivity contribution >= 4 is 17.6 Å². The van der Waals surface area contributed by atoms with Crippen molar-refractivity contribution < 1.29 is 19.1 Å². The van der Waals surface area contributed by atoms with Crippen LogP contribution in [0, 0.1) is 5.92 Å². The fourth-order valence-corrected chi connectivity index (χ4v) is 2.12. The molecule has 1 fully saturated rings. The summed E-state index contributed by atoms with van der Waals surface area (Å²) in [4.78, 5) is 36.6. The number of para-hydroxylation sites is 1. The number of methoxy groups -OCH3 is 1. The van der Waals surface area contributed by atoms with Gasteiger partial charge in [-0.15, -0.1) is 0 Å². The molecule has 0 bridgehead atoms. The van der Waals surface area contributed by atoms with Gasteiger partial charge in [0, 0.05) is 12.3 Å². The maximum atomic E-state index is 12.2. The lowest BCUT2D eigenvalue weighted by Crippen LogP contribution is -2.35. The van der Waals surface area contributed by atoms with E-state index in [1.807, 2.05) is 0 Å². The molecule has 5 heteroatoms. The number of benzene rings is 1. The lowest BCUT2D eigenvalue weighted by atomic mass is 10.1. The van der Waals surface area contributed by atoms with Crippen molar-refractivity contribution in [3.8, 4) is 5.75 Å². The van der Waals surface area contributed by atoms with E-state index in [9.17, 15) is 14.4 Å². The Kier molecular flexibility index (Phi) is 3.64. The number of hydrogen-bond acceptors (Lipinski definition) is 4. The Morgan fingerprint density at radius 2 is 2.05 bits per heavy atom. The van der Waals surface area contributed by atoms with Gasteiger partial charge in [-0.3, -0.25) is 19.3 Å². The molecule has 0 spiro atoms. The molecular formula is C14H15NO4. The molecule has 1 aromatic rings. The minimum atomic E-state index is -0.335. The Hall–Kier alpha value is -2.17. The number of carbonyl (C=O) groups excluding carboxylic acids is 3. The Labute approximate surface area is 111 Å². The highest BCUT2D eigenvalue weighted by molar-refractivity contribution is 6.09. The molecule has 0 N–H and O–H groups in total. The van der Waals surface area contributed by atoms with Crippen molar-refractivity contribution in [3.63, 3.8) is 0 Å². The third kappa shape index (κ3) is 2.50. The molecule has 1 aliphatic heterocycles. The van der Waals surface area contributed by atoms with Gasteiger partial charge in [0.15, 0.2) is 5.78 Å². The second-order valence-electron chi connectivity index (χ2n) is 4.55. The number of ketones is 1. The number of hydrogen-bond donors (Lipinski definition) is 0. The molecule has 2 amide bonds. The van der Waals surface area contributed by atoms with Crippen LogP contribution in [0.5, 0.6) is 5.75 Å². The summed E-state index contributed by atoms with van der Waals surface area (Å²) < 4.78 is 5.10. The first kappa shape index (κ1) is 13.3. The van der Waals surface area contributed by atoms with Crippen LogP contribution in [0.25, 0.3) is 0 Å². The summed E-state index contributed by atoms with van der Waals surface area (Å²) >= 11 is 0. The van der Waals surface area contributed by atoms with Crippen molar-refractivity contribution in [2.45, 2.75) is 13.3 Å². The summed E-state index contributed by atoms with van der Waals surface area (Å²) in [5.74, 6) is -0.764. The Balaban J connectivity index is 2.18. The Morgan fingerprint density at radius 1 is 1.37 bits per heavy atom. The van der Waals surface area contributed by atoms with Crippen molar-refractivity contribution in [1.82, 2.24) is 4.90 Å². The van der Waals surface area contributed by atoms with Gasteiger partial charge in [-0.1, -0.05) is 19.1 Å². The zero-order valence-corrected chi connectivity index (χ0v) is 10.9. The molecule has 0 aliphatic carbocycles. The highest BCUT2D eigenvalue weighted by Gasteiger charge is 2.36. The summed E-state index contributed by atoms with van der Waals surface area (Å²) in [5.41, 5.74) is 0.380. The maximum absolute atomic E-state index is 12.2. The molecule has 1 aromatic carbocycles. The highest BCUT2D eigenvalue weighted by atomic mass is 16.5. The molecule has 0 radical (unpaired) electrons. The lowest BCUT2D eigenvalue weighted by Gasteiger charge is -2.14. The first-order valence-corrected chi connectivity index (χ1v) is 6.05. The van der Waals surface area contributed by atoms with Gasteiger partial charge in [-0.05, 0) is 12.1 Å². The molecule has 0 saturated carbocycles. The van der Waals surface area contributed by atoms with Crippen LogP contribution in [0.1, 0.15) is 23.7 Å².